The van der Waals surface area contributed by atoms with Crippen LogP contribution < -0.4 is 5.32 Å². The molecule has 0 saturated heterocycles. The summed E-state index contributed by atoms with van der Waals surface area (Å²) < 4.78 is 3.14. The molecule has 2 heterocycles. The molecule has 0 amide bonds. The van der Waals surface area contributed by atoms with E-state index in [0.29, 0.717) is 6.04 Å². The normalized spacial score (nSPS) is 12.8. The van der Waals surface area contributed by atoms with Crippen LogP contribution in [0.25, 0.3) is 0 Å². The Morgan fingerprint density at radius 2 is 2.32 bits per heavy atom. The summed E-state index contributed by atoms with van der Waals surface area (Å²) in [6, 6.07) is 2.40. The zero-order chi connectivity index (χ0) is 13.7. The standard InChI is InChI=1S/C13H19BrN4S/c1-3-6-15-11(13-10(14)5-7-19-13)8-12-16-9-17-18(12)4-2/h5,7,9,11,15H,3-4,6,8H2,1-2H3. The number of hydrogen-bond acceptors (Lipinski definition) is 4. The van der Waals surface area contributed by atoms with Gasteiger partial charge in [-0.15, -0.1) is 11.3 Å². The van der Waals surface area contributed by atoms with E-state index < -0.39 is 0 Å². The SMILES string of the molecule is CCCNC(Cc1ncnn1CC)c1sccc1Br. The van der Waals surface area contributed by atoms with Gasteiger partial charge < -0.3 is 5.32 Å². The van der Waals surface area contributed by atoms with Gasteiger partial charge in [-0.1, -0.05) is 6.92 Å². The van der Waals surface area contributed by atoms with Crippen molar-refractivity contribution in [1.82, 2.24) is 20.1 Å². The van der Waals surface area contributed by atoms with E-state index in [-0.39, 0.29) is 0 Å². The molecule has 4 nitrogen and oxygen atoms in total. The maximum Gasteiger partial charge on any atom is 0.138 e. The number of aromatic nitrogens is 3. The molecule has 19 heavy (non-hydrogen) atoms. The van der Waals surface area contributed by atoms with Crippen molar-refractivity contribution in [2.24, 2.45) is 0 Å². The van der Waals surface area contributed by atoms with Gasteiger partial charge in [0.2, 0.25) is 0 Å². The lowest BCUT2D eigenvalue weighted by atomic mass is 10.1. The van der Waals surface area contributed by atoms with Crippen molar-refractivity contribution >= 4 is 27.3 Å². The third kappa shape index (κ3) is 3.64. The van der Waals surface area contributed by atoms with E-state index in [1.54, 1.807) is 17.7 Å². The first-order valence-corrected chi connectivity index (χ1v) is 8.26. The summed E-state index contributed by atoms with van der Waals surface area (Å²) in [5, 5.41) is 9.96. The highest BCUT2D eigenvalue weighted by atomic mass is 79.9. The largest absolute Gasteiger partial charge is 0.309 e. The molecule has 0 aromatic carbocycles. The summed E-state index contributed by atoms with van der Waals surface area (Å²) in [6.07, 6.45) is 3.63. The minimum Gasteiger partial charge on any atom is -0.309 e. The van der Waals surface area contributed by atoms with Gasteiger partial charge in [-0.05, 0) is 47.3 Å². The van der Waals surface area contributed by atoms with Crippen LogP contribution in [0, 0.1) is 0 Å². The van der Waals surface area contributed by atoms with Crippen LogP contribution >= 0.6 is 27.3 Å². The highest BCUT2D eigenvalue weighted by Gasteiger charge is 2.18. The number of nitrogens with one attached hydrogen (secondary N) is 1. The fourth-order valence-electron chi connectivity index (χ4n) is 2.02. The van der Waals surface area contributed by atoms with Gasteiger partial charge in [-0.25, -0.2) is 4.98 Å². The van der Waals surface area contributed by atoms with E-state index in [9.17, 15) is 0 Å². The maximum atomic E-state index is 4.38. The fraction of sp³-hybridized carbons (Fsp3) is 0.538. The molecule has 0 saturated carbocycles. The monoisotopic (exact) mass is 342 g/mol. The molecule has 104 valence electrons. The molecule has 1 unspecified atom stereocenters. The molecule has 1 N–H and O–H groups in total. The smallest absolute Gasteiger partial charge is 0.138 e. The molecule has 2 aromatic rings. The van der Waals surface area contributed by atoms with Crippen molar-refractivity contribution in [3.63, 3.8) is 0 Å². The van der Waals surface area contributed by atoms with Gasteiger partial charge in [0.25, 0.3) is 0 Å². The fourth-order valence-corrected chi connectivity index (χ4v) is 3.75. The molecule has 0 radical (unpaired) electrons. The molecule has 1 atom stereocenters. The van der Waals surface area contributed by atoms with Crippen molar-refractivity contribution in [1.29, 1.82) is 0 Å². The number of hydrogen-bond donors (Lipinski definition) is 1. The van der Waals surface area contributed by atoms with Gasteiger partial charge in [0.15, 0.2) is 0 Å². The van der Waals surface area contributed by atoms with Gasteiger partial charge in [0.1, 0.15) is 12.2 Å². The van der Waals surface area contributed by atoms with Crippen LogP contribution in [0.2, 0.25) is 0 Å². The number of thiophene rings is 1. The van der Waals surface area contributed by atoms with E-state index in [1.165, 1.54) is 9.35 Å². The Labute approximate surface area is 126 Å². The third-order valence-electron chi connectivity index (χ3n) is 2.98. The van der Waals surface area contributed by atoms with Gasteiger partial charge in [-0.3, -0.25) is 4.68 Å². The molecular formula is C13H19BrN4S. The molecule has 0 bridgehead atoms. The summed E-state index contributed by atoms with van der Waals surface area (Å²) in [5.74, 6) is 1.04. The lowest BCUT2D eigenvalue weighted by Gasteiger charge is -2.17. The Balaban J connectivity index is 2.17. The molecule has 0 aliphatic carbocycles. The van der Waals surface area contributed by atoms with Gasteiger partial charge in [-0.2, -0.15) is 5.10 Å². The molecule has 0 fully saturated rings. The van der Waals surface area contributed by atoms with Gasteiger partial charge in [0.05, 0.1) is 0 Å². The highest BCUT2D eigenvalue weighted by molar-refractivity contribution is 9.10. The first-order chi connectivity index (χ1) is 9.26. The van der Waals surface area contributed by atoms with E-state index in [0.717, 1.165) is 31.8 Å². The van der Waals surface area contributed by atoms with E-state index in [2.05, 4.69) is 56.6 Å². The maximum absolute atomic E-state index is 4.38. The van der Waals surface area contributed by atoms with Crippen LogP contribution in [0.4, 0.5) is 0 Å². The molecule has 6 heteroatoms. The Morgan fingerprint density at radius 1 is 1.47 bits per heavy atom. The second-order valence-corrected chi connectivity index (χ2v) is 6.14. The van der Waals surface area contributed by atoms with Gasteiger partial charge in [0, 0.05) is 28.4 Å². The van der Waals surface area contributed by atoms with Crippen molar-refractivity contribution in [3.05, 3.63) is 32.9 Å². The van der Waals surface area contributed by atoms with Crippen molar-refractivity contribution in [3.8, 4) is 0 Å². The lowest BCUT2D eigenvalue weighted by molar-refractivity contribution is 0.501. The Morgan fingerprint density at radius 3 is 2.95 bits per heavy atom. The zero-order valence-corrected chi connectivity index (χ0v) is 13.7. The van der Waals surface area contributed by atoms with Crippen molar-refractivity contribution in [2.75, 3.05) is 6.54 Å². The Kier molecular flexibility index (Phi) is 5.54. The van der Waals surface area contributed by atoms with Crippen molar-refractivity contribution < 1.29 is 0 Å². The van der Waals surface area contributed by atoms with Gasteiger partial charge >= 0.3 is 0 Å². The number of halogens is 1. The molecule has 2 aromatic heterocycles. The minimum absolute atomic E-state index is 0.295. The Bertz CT molecular complexity index is 508. The number of rotatable bonds is 7. The topological polar surface area (TPSA) is 42.7 Å². The predicted molar refractivity (Wildman–Crippen MR) is 82.5 cm³/mol. The molecule has 0 aliphatic heterocycles. The number of aryl methyl sites for hydroxylation is 1. The van der Waals surface area contributed by atoms with E-state index >= 15 is 0 Å². The van der Waals surface area contributed by atoms with Crippen LogP contribution in [-0.4, -0.2) is 21.3 Å². The molecule has 0 spiro atoms. The van der Waals surface area contributed by atoms with Crippen LogP contribution in [0.15, 0.2) is 22.2 Å². The summed E-state index contributed by atoms with van der Waals surface area (Å²) in [5.41, 5.74) is 0. The second kappa shape index (κ2) is 7.17. The highest BCUT2D eigenvalue weighted by Crippen LogP contribution is 2.30. The quantitative estimate of drug-likeness (QED) is 0.838. The summed E-state index contributed by atoms with van der Waals surface area (Å²) in [7, 11) is 0. The summed E-state index contributed by atoms with van der Waals surface area (Å²) in [6.45, 7) is 6.15. The lowest BCUT2D eigenvalue weighted by Crippen LogP contribution is -2.25. The average molecular weight is 343 g/mol. The van der Waals surface area contributed by atoms with Crippen LogP contribution in [0.3, 0.4) is 0 Å². The molecule has 0 aliphatic rings. The summed E-state index contributed by atoms with van der Waals surface area (Å²) in [4.78, 5) is 5.71. The first kappa shape index (κ1) is 14.7. The average Bonchev–Trinajstić information content (AvgIpc) is 3.03. The van der Waals surface area contributed by atoms with Crippen LogP contribution in [-0.2, 0) is 13.0 Å². The van der Waals surface area contributed by atoms with Crippen molar-refractivity contribution in [2.45, 2.75) is 39.3 Å². The molecule has 2 rings (SSSR count). The minimum atomic E-state index is 0.295. The third-order valence-corrected chi connectivity index (χ3v) is 4.97. The van der Waals surface area contributed by atoms with Crippen LogP contribution in [0.1, 0.15) is 37.0 Å². The Hall–Kier alpha value is -0.720. The second-order valence-electron chi connectivity index (χ2n) is 4.34. The first-order valence-electron chi connectivity index (χ1n) is 6.59. The summed E-state index contributed by atoms with van der Waals surface area (Å²) >= 11 is 5.40. The zero-order valence-electron chi connectivity index (χ0n) is 11.3. The van der Waals surface area contributed by atoms with Crippen LogP contribution in [0.5, 0.6) is 0 Å². The molecular weight excluding hydrogens is 324 g/mol. The number of nitrogens with zero attached hydrogens (tertiary/aromatic N) is 3. The van der Waals surface area contributed by atoms with E-state index in [1.807, 2.05) is 4.68 Å². The predicted octanol–water partition coefficient (Wildman–Crippen LogP) is 3.41. The van der Waals surface area contributed by atoms with E-state index in [4.69, 9.17) is 0 Å².